The van der Waals surface area contributed by atoms with Gasteiger partial charge in [-0.2, -0.15) is 0 Å². The number of benzene rings is 1. The molecule has 6 nitrogen and oxygen atoms in total. The third-order valence-electron chi connectivity index (χ3n) is 5.71. The van der Waals surface area contributed by atoms with Crippen LogP contribution in [0, 0.1) is 0 Å². The van der Waals surface area contributed by atoms with Crippen LogP contribution < -0.4 is 0 Å². The Bertz CT molecular complexity index is 698. The molecule has 0 bridgehead atoms. The fraction of sp³-hybridized carbons (Fsp3) is 0.550. The van der Waals surface area contributed by atoms with Crippen molar-refractivity contribution in [1.82, 2.24) is 30.0 Å². The molecule has 2 aromatic rings. The summed E-state index contributed by atoms with van der Waals surface area (Å²) in [6, 6.07) is 11.3. The lowest BCUT2D eigenvalue weighted by Crippen LogP contribution is -2.48. The normalized spacial score (nSPS) is 21.1. The Morgan fingerprint density at radius 1 is 1.08 bits per heavy atom. The number of aromatic nitrogens is 4. The van der Waals surface area contributed by atoms with Gasteiger partial charge in [-0.15, -0.1) is 11.7 Å². The molecular weight excluding hydrogens is 324 g/mol. The van der Waals surface area contributed by atoms with Gasteiger partial charge < -0.3 is 0 Å². The molecular formula is C20H28N6. The van der Waals surface area contributed by atoms with Gasteiger partial charge in [-0.1, -0.05) is 49.2 Å². The predicted molar refractivity (Wildman–Crippen MR) is 102 cm³/mol. The van der Waals surface area contributed by atoms with Crippen LogP contribution in [0.3, 0.4) is 0 Å². The molecule has 1 saturated carbocycles. The molecule has 0 unspecified atom stereocenters. The van der Waals surface area contributed by atoms with Gasteiger partial charge in [0.05, 0.1) is 12.1 Å². The Labute approximate surface area is 155 Å². The average molecular weight is 352 g/mol. The van der Waals surface area contributed by atoms with Crippen molar-refractivity contribution in [3.63, 3.8) is 0 Å². The van der Waals surface area contributed by atoms with Crippen molar-refractivity contribution in [2.45, 2.75) is 37.8 Å². The van der Waals surface area contributed by atoms with Gasteiger partial charge in [-0.05, 0) is 28.8 Å². The number of piperazine rings is 1. The minimum Gasteiger partial charge on any atom is -0.297 e. The molecule has 0 radical (unpaired) electrons. The quantitative estimate of drug-likeness (QED) is 0.748. The van der Waals surface area contributed by atoms with E-state index in [1.54, 1.807) is 0 Å². The molecule has 4 rings (SSSR count). The highest BCUT2D eigenvalue weighted by Crippen LogP contribution is 2.34. The summed E-state index contributed by atoms with van der Waals surface area (Å²) in [5.41, 5.74) is 1.28. The zero-order chi connectivity index (χ0) is 17.8. The summed E-state index contributed by atoms with van der Waals surface area (Å²) in [4.78, 5) is 4.98. The van der Waals surface area contributed by atoms with E-state index in [9.17, 15) is 0 Å². The maximum Gasteiger partial charge on any atom is 0.173 e. The van der Waals surface area contributed by atoms with Gasteiger partial charge in [0.25, 0.3) is 0 Å². The molecule has 0 amide bonds. The van der Waals surface area contributed by atoms with Gasteiger partial charge in [0.1, 0.15) is 0 Å². The third kappa shape index (κ3) is 3.57. The number of nitrogens with zero attached hydrogens (tertiary/aromatic N) is 6. The van der Waals surface area contributed by atoms with Crippen LogP contribution in [0.15, 0.2) is 43.0 Å². The molecule has 1 aromatic carbocycles. The predicted octanol–water partition coefficient (Wildman–Crippen LogP) is 2.68. The van der Waals surface area contributed by atoms with Gasteiger partial charge in [0.15, 0.2) is 5.82 Å². The Morgan fingerprint density at radius 3 is 2.50 bits per heavy atom. The molecule has 1 aliphatic heterocycles. The van der Waals surface area contributed by atoms with Crippen molar-refractivity contribution in [2.75, 3.05) is 32.7 Å². The van der Waals surface area contributed by atoms with Crippen molar-refractivity contribution in [3.8, 4) is 0 Å². The van der Waals surface area contributed by atoms with Crippen LogP contribution in [0.4, 0.5) is 0 Å². The number of tetrazole rings is 1. The van der Waals surface area contributed by atoms with Crippen LogP contribution in [0.1, 0.15) is 49.2 Å². The first-order chi connectivity index (χ1) is 12.9. The van der Waals surface area contributed by atoms with E-state index in [4.69, 9.17) is 0 Å². The maximum atomic E-state index is 4.50. The SMILES string of the molecule is C=CCN1CCN([C@@H](c2ccccc2)c2nnnn2C2CCCC2)CC1. The largest absolute Gasteiger partial charge is 0.297 e. The van der Waals surface area contributed by atoms with Crippen LogP contribution in [-0.2, 0) is 0 Å². The van der Waals surface area contributed by atoms with Crippen molar-refractivity contribution in [2.24, 2.45) is 0 Å². The molecule has 2 fully saturated rings. The Hall–Kier alpha value is -2.05. The van der Waals surface area contributed by atoms with E-state index in [1.807, 2.05) is 6.08 Å². The molecule has 1 atom stereocenters. The summed E-state index contributed by atoms with van der Waals surface area (Å²) in [6.45, 7) is 8.98. The molecule has 1 aromatic heterocycles. The van der Waals surface area contributed by atoms with Gasteiger partial charge >= 0.3 is 0 Å². The second-order valence-electron chi connectivity index (χ2n) is 7.36. The summed E-state index contributed by atoms with van der Waals surface area (Å²) in [5, 5.41) is 13.0. The summed E-state index contributed by atoms with van der Waals surface area (Å²) in [6.07, 6.45) is 6.92. The van der Waals surface area contributed by atoms with E-state index in [2.05, 4.69) is 66.9 Å². The first-order valence-electron chi connectivity index (χ1n) is 9.77. The highest BCUT2D eigenvalue weighted by molar-refractivity contribution is 5.25. The average Bonchev–Trinajstić information content (AvgIpc) is 3.36. The molecule has 6 heteroatoms. The van der Waals surface area contributed by atoms with E-state index >= 15 is 0 Å². The maximum absolute atomic E-state index is 4.50. The minimum absolute atomic E-state index is 0.123. The minimum atomic E-state index is 0.123. The van der Waals surface area contributed by atoms with Gasteiger partial charge in [0.2, 0.25) is 0 Å². The standard InChI is InChI=1S/C20H28N6/c1-2-12-24-13-15-25(16-14-24)19(17-8-4-3-5-9-17)20-21-22-23-26(20)18-10-6-7-11-18/h2-5,8-9,18-19H,1,6-7,10-16H2/t19-/m0/s1. The fourth-order valence-corrected chi connectivity index (χ4v) is 4.33. The van der Waals surface area contributed by atoms with Crippen LogP contribution >= 0.6 is 0 Å². The highest BCUT2D eigenvalue weighted by atomic mass is 15.6. The molecule has 138 valence electrons. The Balaban J connectivity index is 1.63. The van der Waals surface area contributed by atoms with Crippen molar-refractivity contribution >= 4 is 0 Å². The lowest BCUT2D eigenvalue weighted by atomic mass is 10.0. The second kappa shape index (κ2) is 8.10. The van der Waals surface area contributed by atoms with Crippen molar-refractivity contribution in [1.29, 1.82) is 0 Å². The van der Waals surface area contributed by atoms with Crippen LogP contribution in [0.2, 0.25) is 0 Å². The smallest absolute Gasteiger partial charge is 0.173 e. The molecule has 0 N–H and O–H groups in total. The monoisotopic (exact) mass is 352 g/mol. The molecule has 2 heterocycles. The lowest BCUT2D eigenvalue weighted by Gasteiger charge is -2.38. The van der Waals surface area contributed by atoms with Crippen LogP contribution in [0.25, 0.3) is 0 Å². The highest BCUT2D eigenvalue weighted by Gasteiger charge is 2.32. The first-order valence-corrected chi connectivity index (χ1v) is 9.77. The van der Waals surface area contributed by atoms with E-state index in [0.29, 0.717) is 6.04 Å². The number of rotatable bonds is 6. The zero-order valence-electron chi connectivity index (χ0n) is 15.4. The lowest BCUT2D eigenvalue weighted by molar-refractivity contribution is 0.111. The topological polar surface area (TPSA) is 50.1 Å². The zero-order valence-corrected chi connectivity index (χ0v) is 15.4. The number of hydrogen-bond acceptors (Lipinski definition) is 5. The van der Waals surface area contributed by atoms with Gasteiger partial charge in [-0.3, -0.25) is 9.80 Å². The molecule has 2 aliphatic rings. The third-order valence-corrected chi connectivity index (χ3v) is 5.71. The summed E-state index contributed by atoms with van der Waals surface area (Å²) in [5.74, 6) is 1.00. The Morgan fingerprint density at radius 2 is 1.81 bits per heavy atom. The number of hydrogen-bond donors (Lipinski definition) is 0. The molecule has 0 spiro atoms. The van der Waals surface area contributed by atoms with E-state index in [1.165, 1.54) is 31.2 Å². The van der Waals surface area contributed by atoms with E-state index in [0.717, 1.165) is 38.5 Å². The first kappa shape index (κ1) is 17.4. The van der Waals surface area contributed by atoms with Gasteiger partial charge in [0, 0.05) is 32.7 Å². The van der Waals surface area contributed by atoms with E-state index < -0.39 is 0 Å². The molecule has 1 aliphatic carbocycles. The van der Waals surface area contributed by atoms with Gasteiger partial charge in [-0.25, -0.2) is 4.68 Å². The molecule has 1 saturated heterocycles. The van der Waals surface area contributed by atoms with Crippen LogP contribution in [-0.4, -0.2) is 62.7 Å². The second-order valence-corrected chi connectivity index (χ2v) is 7.36. The molecule has 26 heavy (non-hydrogen) atoms. The van der Waals surface area contributed by atoms with Crippen molar-refractivity contribution < 1.29 is 0 Å². The van der Waals surface area contributed by atoms with E-state index in [-0.39, 0.29) is 6.04 Å². The van der Waals surface area contributed by atoms with Crippen LogP contribution in [0.5, 0.6) is 0 Å². The summed E-state index contributed by atoms with van der Waals surface area (Å²) >= 11 is 0. The van der Waals surface area contributed by atoms with Crippen molar-refractivity contribution in [3.05, 3.63) is 54.4 Å². The summed E-state index contributed by atoms with van der Waals surface area (Å²) in [7, 11) is 0. The summed E-state index contributed by atoms with van der Waals surface area (Å²) < 4.78 is 2.11. The fourth-order valence-electron chi connectivity index (χ4n) is 4.33. The Kier molecular flexibility index (Phi) is 5.41.